The molecule has 0 aliphatic rings. The van der Waals surface area contributed by atoms with Crippen LogP contribution in [0, 0.1) is 5.82 Å². The third kappa shape index (κ3) is 4.05. The normalized spacial score (nSPS) is 13.5. The molecule has 0 aliphatic heterocycles. The molecule has 0 saturated heterocycles. The van der Waals surface area contributed by atoms with Gasteiger partial charge in [0.25, 0.3) is 0 Å². The van der Waals surface area contributed by atoms with Gasteiger partial charge in [-0.25, -0.2) is 17.1 Å². The van der Waals surface area contributed by atoms with E-state index >= 15 is 0 Å². The highest BCUT2D eigenvalue weighted by atomic mass is 32.2. The topological polar surface area (TPSA) is 91.8 Å². The van der Waals surface area contributed by atoms with Crippen molar-refractivity contribution in [2.24, 2.45) is 0 Å². The smallest absolute Gasteiger partial charge is 0.212 e. The van der Waals surface area contributed by atoms with Crippen molar-refractivity contribution in [3.05, 3.63) is 41.5 Å². The zero-order chi connectivity index (χ0) is 15.5. The highest BCUT2D eigenvalue weighted by Gasteiger charge is 2.22. The van der Waals surface area contributed by atoms with Gasteiger partial charge in [-0.05, 0) is 17.7 Å². The zero-order valence-electron chi connectivity index (χ0n) is 11.7. The van der Waals surface area contributed by atoms with Crippen molar-refractivity contribution in [2.75, 3.05) is 13.6 Å². The molecular weight excluding hydrogens is 297 g/mol. The fraction of sp³-hybridized carbons (Fsp3) is 0.417. The van der Waals surface area contributed by atoms with Crippen molar-refractivity contribution >= 4 is 10.0 Å². The van der Waals surface area contributed by atoms with Crippen LogP contribution in [-0.2, 0) is 15.8 Å². The molecule has 21 heavy (non-hydrogen) atoms. The van der Waals surface area contributed by atoms with Gasteiger partial charge >= 0.3 is 0 Å². The lowest BCUT2D eigenvalue weighted by molar-refractivity contribution is 0.439. The molecule has 0 unspecified atom stereocenters. The molecule has 9 heteroatoms. The van der Waals surface area contributed by atoms with Gasteiger partial charge in [-0.15, -0.1) is 10.2 Å². The Labute approximate surface area is 122 Å². The van der Waals surface area contributed by atoms with Gasteiger partial charge in [0.1, 0.15) is 5.82 Å². The van der Waals surface area contributed by atoms with Gasteiger partial charge in [0.05, 0.1) is 5.75 Å². The summed E-state index contributed by atoms with van der Waals surface area (Å²) in [6, 6.07) is 5.41. The molecule has 0 spiro atoms. The molecule has 0 fully saturated rings. The van der Waals surface area contributed by atoms with Crippen molar-refractivity contribution in [1.82, 2.24) is 24.9 Å². The van der Waals surface area contributed by atoms with Crippen LogP contribution < -0.4 is 0 Å². The number of hydrogen-bond acceptors (Lipinski definition) is 5. The molecule has 1 atom stereocenters. The summed E-state index contributed by atoms with van der Waals surface area (Å²) in [5.41, 5.74) is 0.537. The number of nitrogens with zero attached hydrogens (tertiary/aromatic N) is 4. The van der Waals surface area contributed by atoms with Crippen LogP contribution >= 0.6 is 0 Å². The van der Waals surface area contributed by atoms with Gasteiger partial charge in [0.2, 0.25) is 10.0 Å². The highest BCUT2D eigenvalue weighted by molar-refractivity contribution is 7.88. The average molecular weight is 313 g/mol. The Morgan fingerprint density at radius 2 is 2.00 bits per heavy atom. The number of tetrazole rings is 1. The molecule has 7 nitrogen and oxygen atoms in total. The minimum Gasteiger partial charge on any atom is -0.212 e. The summed E-state index contributed by atoms with van der Waals surface area (Å²) in [6.07, 6.45) is 0. The number of aromatic amines is 1. The van der Waals surface area contributed by atoms with E-state index in [-0.39, 0.29) is 18.2 Å². The van der Waals surface area contributed by atoms with Gasteiger partial charge in [0.15, 0.2) is 5.82 Å². The maximum absolute atomic E-state index is 12.8. The second kappa shape index (κ2) is 6.27. The van der Waals surface area contributed by atoms with Crippen LogP contribution in [0.2, 0.25) is 0 Å². The van der Waals surface area contributed by atoms with Crippen LogP contribution in [0.15, 0.2) is 24.3 Å². The summed E-state index contributed by atoms with van der Waals surface area (Å²) in [6.45, 7) is 2.05. The number of benzene rings is 1. The van der Waals surface area contributed by atoms with E-state index in [0.717, 1.165) is 0 Å². The van der Waals surface area contributed by atoms with Crippen molar-refractivity contribution in [2.45, 2.75) is 18.6 Å². The van der Waals surface area contributed by atoms with Crippen LogP contribution in [0.5, 0.6) is 0 Å². The van der Waals surface area contributed by atoms with Crippen LogP contribution in [0.3, 0.4) is 0 Å². The van der Waals surface area contributed by atoms with Crippen LogP contribution in [0.25, 0.3) is 0 Å². The lowest BCUT2D eigenvalue weighted by atomic mass is 10.2. The minimum absolute atomic E-state index is 0.178. The Bertz CT molecular complexity index is 672. The second-order valence-electron chi connectivity index (χ2n) is 4.83. The quantitative estimate of drug-likeness (QED) is 0.855. The van der Waals surface area contributed by atoms with E-state index in [4.69, 9.17) is 0 Å². The molecule has 1 aromatic heterocycles. The number of nitrogens with one attached hydrogen (secondary N) is 1. The summed E-state index contributed by atoms with van der Waals surface area (Å²) in [5, 5.41) is 13.5. The molecule has 0 aliphatic carbocycles. The molecule has 2 rings (SSSR count). The van der Waals surface area contributed by atoms with E-state index in [9.17, 15) is 12.8 Å². The molecule has 0 saturated carbocycles. The summed E-state index contributed by atoms with van der Waals surface area (Å²) in [4.78, 5) is 0. The molecule has 0 bridgehead atoms. The summed E-state index contributed by atoms with van der Waals surface area (Å²) in [7, 11) is -1.99. The first-order chi connectivity index (χ1) is 9.88. The predicted octanol–water partition coefficient (Wildman–Crippen LogP) is 0.904. The third-order valence-corrected chi connectivity index (χ3v) is 4.87. The largest absolute Gasteiger partial charge is 0.218 e. The maximum Gasteiger partial charge on any atom is 0.218 e. The Morgan fingerprint density at radius 1 is 1.33 bits per heavy atom. The van der Waals surface area contributed by atoms with Crippen molar-refractivity contribution in [3.8, 4) is 0 Å². The number of aromatic nitrogens is 4. The third-order valence-electron chi connectivity index (χ3n) is 3.07. The molecular formula is C12H16FN5O2S. The van der Waals surface area contributed by atoms with Gasteiger partial charge in [-0.1, -0.05) is 24.3 Å². The zero-order valence-corrected chi connectivity index (χ0v) is 12.5. The minimum atomic E-state index is -3.49. The average Bonchev–Trinajstić information content (AvgIpc) is 2.95. The van der Waals surface area contributed by atoms with Gasteiger partial charge in [-0.2, -0.15) is 5.21 Å². The Morgan fingerprint density at radius 3 is 2.57 bits per heavy atom. The van der Waals surface area contributed by atoms with Gasteiger partial charge in [0, 0.05) is 19.5 Å². The van der Waals surface area contributed by atoms with E-state index in [0.29, 0.717) is 11.4 Å². The molecule has 0 amide bonds. The molecule has 1 N–H and O–H groups in total. The number of sulfonamides is 1. The summed E-state index contributed by atoms with van der Waals surface area (Å²) < 4.78 is 38.6. The van der Waals surface area contributed by atoms with E-state index in [1.165, 1.54) is 35.6 Å². The first kappa shape index (κ1) is 15.5. The SMILES string of the molecule is C[C@H](CN(C)S(=O)(=O)Cc1ccc(F)cc1)c1nn[nH]n1. The Hall–Kier alpha value is -1.87. The lowest BCUT2D eigenvalue weighted by Gasteiger charge is -2.19. The summed E-state index contributed by atoms with van der Waals surface area (Å²) >= 11 is 0. The first-order valence-electron chi connectivity index (χ1n) is 6.30. The number of halogens is 1. The van der Waals surface area contributed by atoms with Crippen molar-refractivity contribution in [1.29, 1.82) is 0 Å². The molecule has 0 radical (unpaired) electrons. The van der Waals surface area contributed by atoms with Gasteiger partial charge in [-0.3, -0.25) is 0 Å². The van der Waals surface area contributed by atoms with Crippen molar-refractivity contribution in [3.63, 3.8) is 0 Å². The monoisotopic (exact) mass is 313 g/mol. The maximum atomic E-state index is 12.8. The number of H-pyrrole nitrogens is 1. The highest BCUT2D eigenvalue weighted by Crippen LogP contribution is 2.15. The predicted molar refractivity (Wildman–Crippen MR) is 74.2 cm³/mol. The molecule has 1 heterocycles. The lowest BCUT2D eigenvalue weighted by Crippen LogP contribution is -2.31. The Balaban J connectivity index is 2.03. The number of likely N-dealkylation sites (N-methyl/N-ethyl adjacent to an activating group) is 1. The van der Waals surface area contributed by atoms with E-state index in [1.807, 2.05) is 6.92 Å². The second-order valence-corrected chi connectivity index (χ2v) is 6.91. The first-order valence-corrected chi connectivity index (χ1v) is 7.91. The standard InChI is InChI=1S/C12H16FN5O2S/c1-9(12-14-16-17-15-12)7-18(2)21(19,20)8-10-3-5-11(13)6-4-10/h3-6,9H,7-8H2,1-2H3,(H,14,15,16,17)/t9-/m1/s1. The fourth-order valence-electron chi connectivity index (χ4n) is 1.86. The van der Waals surface area contributed by atoms with E-state index in [2.05, 4.69) is 20.6 Å². The molecule has 1 aromatic carbocycles. The Kier molecular flexibility index (Phi) is 4.63. The van der Waals surface area contributed by atoms with Crippen LogP contribution in [0.1, 0.15) is 24.2 Å². The fourth-order valence-corrected chi connectivity index (χ4v) is 3.15. The van der Waals surface area contributed by atoms with E-state index in [1.54, 1.807) is 0 Å². The van der Waals surface area contributed by atoms with E-state index < -0.39 is 15.8 Å². The molecule has 114 valence electrons. The van der Waals surface area contributed by atoms with Crippen molar-refractivity contribution < 1.29 is 12.8 Å². The van der Waals surface area contributed by atoms with Crippen LogP contribution in [-0.4, -0.2) is 46.9 Å². The number of hydrogen-bond donors (Lipinski definition) is 1. The van der Waals surface area contributed by atoms with Gasteiger partial charge < -0.3 is 0 Å². The molecule has 2 aromatic rings. The number of rotatable bonds is 6. The van der Waals surface area contributed by atoms with Crippen LogP contribution in [0.4, 0.5) is 4.39 Å². The summed E-state index contributed by atoms with van der Waals surface area (Å²) in [5.74, 6) is -0.297.